The molecule has 0 N–H and O–H groups in total. The Morgan fingerprint density at radius 1 is 0.815 bits per heavy atom. The number of para-hydroxylation sites is 1. The molecule has 1 nitrogen and oxygen atoms in total. The molecular formula is C24H33NP2. The predicted octanol–water partition coefficient (Wildman–Crippen LogP) is 7.84. The third-order valence-electron chi connectivity index (χ3n) is 4.94. The van der Waals surface area contributed by atoms with Gasteiger partial charge in [-0.2, -0.15) is 0 Å². The molecule has 0 aliphatic heterocycles. The highest BCUT2D eigenvalue weighted by molar-refractivity contribution is 7.77. The maximum atomic E-state index is 2.61. The highest BCUT2D eigenvalue weighted by atomic mass is 31.1. The summed E-state index contributed by atoms with van der Waals surface area (Å²) in [5, 5.41) is 3.53. The second-order valence-electron chi connectivity index (χ2n) is 9.66. The number of aryl methyl sites for hydroxylation is 3. The van der Waals surface area contributed by atoms with Crippen molar-refractivity contribution >= 4 is 31.9 Å². The fourth-order valence-electron chi connectivity index (χ4n) is 4.52. The zero-order valence-corrected chi connectivity index (χ0v) is 20.1. The molecule has 0 atom stereocenters. The molecule has 0 spiro atoms. The van der Waals surface area contributed by atoms with E-state index in [1.54, 1.807) is 5.17 Å². The van der Waals surface area contributed by atoms with Gasteiger partial charge in [-0.25, -0.2) is 0 Å². The third kappa shape index (κ3) is 3.87. The van der Waals surface area contributed by atoms with Crippen LogP contribution in [0.2, 0.25) is 0 Å². The highest BCUT2D eigenvalue weighted by Crippen LogP contribution is 2.60. The molecule has 1 heterocycles. The van der Waals surface area contributed by atoms with E-state index < -0.39 is 0 Å². The first kappa shape index (κ1) is 20.6. The summed E-state index contributed by atoms with van der Waals surface area (Å²) in [5.74, 6) is 0. The molecule has 0 radical (unpaired) electrons. The van der Waals surface area contributed by atoms with Crippen molar-refractivity contribution in [2.45, 2.75) is 72.6 Å². The van der Waals surface area contributed by atoms with Gasteiger partial charge in [0.25, 0.3) is 0 Å². The van der Waals surface area contributed by atoms with Gasteiger partial charge in [0, 0.05) is 5.12 Å². The molecule has 144 valence electrons. The second kappa shape index (κ2) is 7.02. The van der Waals surface area contributed by atoms with Crippen molar-refractivity contribution in [1.29, 1.82) is 0 Å². The first-order chi connectivity index (χ1) is 12.4. The molecule has 3 aromatic rings. The summed E-state index contributed by atoms with van der Waals surface area (Å²) in [6, 6.07) is 13.6. The molecule has 0 saturated carbocycles. The van der Waals surface area contributed by atoms with Crippen molar-refractivity contribution in [3.63, 3.8) is 0 Å². The molecule has 27 heavy (non-hydrogen) atoms. The summed E-state index contributed by atoms with van der Waals surface area (Å²) in [7, 11) is 1.02. The third-order valence-corrected chi connectivity index (χ3v) is 10.1. The smallest absolute Gasteiger partial charge is 0.0749 e. The van der Waals surface area contributed by atoms with Crippen molar-refractivity contribution in [2.75, 3.05) is 0 Å². The largest absolute Gasteiger partial charge is 0.305 e. The predicted molar refractivity (Wildman–Crippen MR) is 126 cm³/mol. The van der Waals surface area contributed by atoms with Crippen LogP contribution in [0.5, 0.6) is 0 Å². The summed E-state index contributed by atoms with van der Waals surface area (Å²) in [6.07, 6.45) is 0. The molecule has 0 amide bonds. The maximum Gasteiger partial charge on any atom is 0.0749 e. The van der Waals surface area contributed by atoms with Gasteiger partial charge in [-0.1, -0.05) is 71.4 Å². The highest BCUT2D eigenvalue weighted by Gasteiger charge is 2.39. The fourth-order valence-corrected chi connectivity index (χ4v) is 11.6. The number of fused-ring (bicyclic) bond motifs is 1. The second-order valence-corrected chi connectivity index (χ2v) is 14.9. The number of aromatic nitrogens is 1. The van der Waals surface area contributed by atoms with E-state index in [4.69, 9.17) is 0 Å². The monoisotopic (exact) mass is 397 g/mol. The molecule has 1 aromatic heterocycles. The van der Waals surface area contributed by atoms with Gasteiger partial charge in [0.15, 0.2) is 0 Å². The molecular weight excluding hydrogens is 364 g/mol. The zero-order valence-electron chi connectivity index (χ0n) is 18.3. The van der Waals surface area contributed by atoms with Crippen LogP contribution in [0, 0.1) is 20.8 Å². The summed E-state index contributed by atoms with van der Waals surface area (Å²) in [5.41, 5.74) is 6.83. The Labute approximate surface area is 168 Å². The Balaban J connectivity index is 2.45. The van der Waals surface area contributed by atoms with Crippen LogP contribution in [0.25, 0.3) is 16.3 Å². The van der Waals surface area contributed by atoms with Gasteiger partial charge in [0.1, 0.15) is 0 Å². The molecule has 0 fully saturated rings. The van der Waals surface area contributed by atoms with Gasteiger partial charge in [-0.15, -0.1) is 0 Å². The summed E-state index contributed by atoms with van der Waals surface area (Å²) in [4.78, 5) is 0. The number of benzene rings is 2. The van der Waals surface area contributed by atoms with E-state index in [0.29, 0.717) is 0 Å². The van der Waals surface area contributed by atoms with E-state index in [9.17, 15) is 0 Å². The molecule has 0 aliphatic rings. The molecule has 2 aromatic carbocycles. The van der Waals surface area contributed by atoms with Crippen LogP contribution in [0.4, 0.5) is 0 Å². The molecule has 0 unspecified atom stereocenters. The average molecular weight is 397 g/mol. The van der Waals surface area contributed by atoms with Gasteiger partial charge in [-0.05, 0) is 70.5 Å². The van der Waals surface area contributed by atoms with Crippen molar-refractivity contribution < 1.29 is 0 Å². The van der Waals surface area contributed by atoms with Crippen LogP contribution >= 0.6 is 16.1 Å². The van der Waals surface area contributed by atoms with Gasteiger partial charge in [0.2, 0.25) is 0 Å². The van der Waals surface area contributed by atoms with E-state index in [0.717, 1.165) is 0 Å². The Morgan fingerprint density at radius 3 is 1.85 bits per heavy atom. The van der Waals surface area contributed by atoms with E-state index in [2.05, 4.69) is 103 Å². The SMILES string of the molecule is Cc1cc(C)c(-n2c(P(C(C)(C)C)C(C)(C)C)pc3ccccc32)c(C)c1. The minimum Gasteiger partial charge on any atom is -0.305 e. The van der Waals surface area contributed by atoms with Crippen LogP contribution in [-0.2, 0) is 0 Å². The van der Waals surface area contributed by atoms with Crippen molar-refractivity contribution in [3.05, 3.63) is 53.1 Å². The lowest BCUT2D eigenvalue weighted by atomic mass is 10.0. The standard InChI is InChI=1S/C24H33NP2/c1-16-14-17(2)21(18(3)15-16)25-19-12-10-11-13-20(19)26-22(25)27(23(4,5)6)24(7,8)9/h10-15H,1-9H3. The first-order valence-corrected chi connectivity index (χ1v) is 12.0. The van der Waals surface area contributed by atoms with Crippen LogP contribution < -0.4 is 5.17 Å². The van der Waals surface area contributed by atoms with Gasteiger partial charge in [-0.3, -0.25) is 0 Å². The number of hydrogen-bond acceptors (Lipinski definition) is 0. The molecule has 3 heteroatoms. The lowest BCUT2D eigenvalue weighted by Crippen LogP contribution is -2.33. The topological polar surface area (TPSA) is 4.93 Å². The molecule has 0 aliphatic carbocycles. The number of hydrogen-bond donors (Lipinski definition) is 0. The minimum atomic E-state index is -0.355. The number of nitrogens with zero attached hydrogens (tertiary/aromatic N) is 1. The lowest BCUT2D eigenvalue weighted by molar-refractivity contribution is 0.713. The maximum absolute atomic E-state index is 2.61. The minimum absolute atomic E-state index is 0.253. The van der Waals surface area contributed by atoms with Crippen molar-refractivity contribution in [2.24, 2.45) is 0 Å². The Hall–Kier alpha value is -1.16. The van der Waals surface area contributed by atoms with E-state index in [1.165, 1.54) is 41.2 Å². The Bertz CT molecular complexity index is 947. The molecule has 3 rings (SSSR count). The van der Waals surface area contributed by atoms with Crippen LogP contribution in [-0.4, -0.2) is 14.9 Å². The summed E-state index contributed by atoms with van der Waals surface area (Å²) in [6.45, 7) is 21.2. The summed E-state index contributed by atoms with van der Waals surface area (Å²) >= 11 is 0. The molecule has 0 saturated heterocycles. The van der Waals surface area contributed by atoms with E-state index >= 15 is 0 Å². The zero-order chi connectivity index (χ0) is 20.1. The summed E-state index contributed by atoms with van der Waals surface area (Å²) < 4.78 is 2.61. The fraction of sp³-hybridized carbons (Fsp3) is 0.458. The lowest BCUT2D eigenvalue weighted by Gasteiger charge is -2.41. The van der Waals surface area contributed by atoms with Crippen LogP contribution in [0.15, 0.2) is 36.4 Å². The average Bonchev–Trinajstić information content (AvgIpc) is 2.82. The van der Waals surface area contributed by atoms with Gasteiger partial charge in [0.05, 0.1) is 16.4 Å². The Kier molecular flexibility index (Phi) is 5.35. The van der Waals surface area contributed by atoms with Crippen LogP contribution in [0.3, 0.4) is 0 Å². The molecule has 0 bridgehead atoms. The quantitative estimate of drug-likeness (QED) is 0.388. The number of rotatable bonds is 2. The van der Waals surface area contributed by atoms with Crippen molar-refractivity contribution in [3.8, 4) is 5.69 Å². The van der Waals surface area contributed by atoms with Gasteiger partial charge < -0.3 is 4.57 Å². The van der Waals surface area contributed by atoms with Gasteiger partial charge >= 0.3 is 0 Å². The van der Waals surface area contributed by atoms with E-state index in [-0.39, 0.29) is 18.2 Å². The van der Waals surface area contributed by atoms with Crippen LogP contribution in [0.1, 0.15) is 58.2 Å². The van der Waals surface area contributed by atoms with Crippen molar-refractivity contribution in [1.82, 2.24) is 4.57 Å². The first-order valence-electron chi connectivity index (χ1n) is 9.77. The Morgan fingerprint density at radius 2 is 1.33 bits per heavy atom. The normalized spacial score (nSPS) is 13.3. The van der Waals surface area contributed by atoms with E-state index in [1.807, 2.05) is 0 Å².